The Kier molecular flexibility index (Phi) is 4.91. The number of hydrogen-bond acceptors (Lipinski definition) is 3. The van der Waals surface area contributed by atoms with Gasteiger partial charge in [-0.25, -0.2) is 0 Å². The van der Waals surface area contributed by atoms with E-state index in [4.69, 9.17) is 9.31 Å². The Labute approximate surface area is 134 Å². The molecule has 21 heavy (non-hydrogen) atoms. The Hall–Kier alpha value is -0.705. The lowest BCUT2D eigenvalue weighted by atomic mass is 9.78. The minimum atomic E-state index is -0.322. The first-order chi connectivity index (χ1) is 9.80. The first-order valence-electron chi connectivity index (χ1n) is 7.55. The molecule has 0 aliphatic carbocycles. The van der Waals surface area contributed by atoms with E-state index < -0.39 is 0 Å². The van der Waals surface area contributed by atoms with Crippen LogP contribution in [0.1, 0.15) is 45.7 Å². The van der Waals surface area contributed by atoms with Crippen molar-refractivity contribution in [2.45, 2.75) is 52.2 Å². The van der Waals surface area contributed by atoms with Crippen LogP contribution in [0.5, 0.6) is 0 Å². The first kappa shape index (κ1) is 16.7. The molecular weight excluding hydrogens is 279 g/mol. The minimum Gasteiger partial charge on any atom is -0.400 e. The Morgan fingerprint density at radius 2 is 1.71 bits per heavy atom. The fraction of sp³-hybridized carbons (Fsp3) is 0.529. The van der Waals surface area contributed by atoms with E-state index >= 15 is 0 Å². The summed E-state index contributed by atoms with van der Waals surface area (Å²) in [7, 11) is -0.322. The van der Waals surface area contributed by atoms with E-state index in [-0.39, 0.29) is 18.3 Å². The molecule has 1 aliphatic heterocycles. The molecule has 0 radical (unpaired) electrons. The highest BCUT2D eigenvalue weighted by Crippen LogP contribution is 2.39. The lowest BCUT2D eigenvalue weighted by Crippen LogP contribution is -2.41. The fourth-order valence-electron chi connectivity index (χ4n) is 2.38. The van der Waals surface area contributed by atoms with Crippen LogP contribution in [-0.4, -0.2) is 24.1 Å². The van der Waals surface area contributed by atoms with Gasteiger partial charge in [0.1, 0.15) is 0 Å². The summed E-state index contributed by atoms with van der Waals surface area (Å²) in [5.74, 6) is 0.620. The molecule has 1 saturated heterocycles. The van der Waals surface area contributed by atoms with E-state index in [0.29, 0.717) is 5.75 Å². The molecule has 0 aromatic heterocycles. The van der Waals surface area contributed by atoms with Crippen LogP contribution in [0.15, 0.2) is 29.7 Å². The van der Waals surface area contributed by atoms with Gasteiger partial charge in [-0.2, -0.15) is 12.6 Å². The van der Waals surface area contributed by atoms with Crippen LogP contribution in [0.2, 0.25) is 0 Å². The maximum Gasteiger partial charge on any atom is 0.491 e. The first-order valence-corrected chi connectivity index (χ1v) is 8.19. The normalized spacial score (nSPS) is 20.9. The number of rotatable bonds is 4. The van der Waals surface area contributed by atoms with Crippen molar-refractivity contribution in [3.8, 4) is 0 Å². The Balaban J connectivity index is 2.31. The van der Waals surface area contributed by atoms with E-state index in [1.165, 1.54) is 11.1 Å². The largest absolute Gasteiger partial charge is 0.491 e. The van der Waals surface area contributed by atoms with Gasteiger partial charge in [-0.05, 0) is 50.7 Å². The molecule has 1 aromatic rings. The SMILES string of the molecule is CCc1ccccc1C=C(CS)B1OC(C)(C)C(C)(C)O1. The summed E-state index contributed by atoms with van der Waals surface area (Å²) in [5.41, 5.74) is 2.98. The zero-order valence-electron chi connectivity index (χ0n) is 13.6. The van der Waals surface area contributed by atoms with Crippen molar-refractivity contribution in [2.75, 3.05) is 5.75 Å². The fourth-order valence-corrected chi connectivity index (χ4v) is 2.62. The quantitative estimate of drug-likeness (QED) is 0.664. The molecule has 1 aromatic carbocycles. The summed E-state index contributed by atoms with van der Waals surface area (Å²) in [6.07, 6.45) is 3.17. The number of thiol groups is 1. The molecule has 0 bridgehead atoms. The summed E-state index contributed by atoms with van der Waals surface area (Å²) >= 11 is 4.47. The van der Waals surface area contributed by atoms with Gasteiger partial charge in [0.05, 0.1) is 11.2 Å². The zero-order chi connectivity index (χ0) is 15.7. The number of hydrogen-bond donors (Lipinski definition) is 1. The summed E-state index contributed by atoms with van der Waals surface area (Å²) < 4.78 is 12.2. The summed E-state index contributed by atoms with van der Waals surface area (Å²) in [4.78, 5) is 0. The molecule has 0 amide bonds. The monoisotopic (exact) mass is 304 g/mol. The van der Waals surface area contributed by atoms with Gasteiger partial charge in [-0.1, -0.05) is 37.3 Å². The predicted molar refractivity (Wildman–Crippen MR) is 93.7 cm³/mol. The highest BCUT2D eigenvalue weighted by atomic mass is 32.1. The highest BCUT2D eigenvalue weighted by Gasteiger charge is 2.52. The van der Waals surface area contributed by atoms with Crippen LogP contribution < -0.4 is 0 Å². The molecule has 0 atom stereocenters. The predicted octanol–water partition coefficient (Wildman–Crippen LogP) is 4.19. The van der Waals surface area contributed by atoms with Crippen molar-refractivity contribution in [3.05, 3.63) is 40.9 Å². The van der Waals surface area contributed by atoms with Gasteiger partial charge < -0.3 is 9.31 Å². The molecule has 0 saturated carbocycles. The topological polar surface area (TPSA) is 18.5 Å². The molecule has 0 spiro atoms. The van der Waals surface area contributed by atoms with Crippen LogP contribution in [0, 0.1) is 0 Å². The summed E-state index contributed by atoms with van der Waals surface area (Å²) in [6, 6.07) is 8.43. The molecule has 2 nitrogen and oxygen atoms in total. The third kappa shape index (κ3) is 3.38. The van der Waals surface area contributed by atoms with Crippen LogP contribution in [0.4, 0.5) is 0 Å². The standard InChI is InChI=1S/C17H25BO2S/c1-6-13-9-7-8-10-14(13)11-15(12-21)18-19-16(2,3)17(4,5)20-18/h7-11,21H,6,12H2,1-5H3. The van der Waals surface area contributed by atoms with Gasteiger partial charge in [-0.3, -0.25) is 0 Å². The second kappa shape index (κ2) is 6.19. The van der Waals surface area contributed by atoms with Gasteiger partial charge >= 0.3 is 7.12 Å². The van der Waals surface area contributed by atoms with E-state index in [9.17, 15) is 0 Å². The van der Waals surface area contributed by atoms with Crippen LogP contribution >= 0.6 is 12.6 Å². The van der Waals surface area contributed by atoms with Crippen LogP contribution in [0.25, 0.3) is 6.08 Å². The van der Waals surface area contributed by atoms with Crippen molar-refractivity contribution < 1.29 is 9.31 Å². The number of benzene rings is 1. The third-order valence-electron chi connectivity index (χ3n) is 4.52. The van der Waals surface area contributed by atoms with Gasteiger partial charge in [0.15, 0.2) is 0 Å². The zero-order valence-corrected chi connectivity index (χ0v) is 14.5. The average Bonchev–Trinajstić information content (AvgIpc) is 2.65. The van der Waals surface area contributed by atoms with Crippen molar-refractivity contribution in [1.29, 1.82) is 0 Å². The van der Waals surface area contributed by atoms with Gasteiger partial charge in [-0.15, -0.1) is 0 Å². The highest BCUT2D eigenvalue weighted by molar-refractivity contribution is 7.80. The van der Waals surface area contributed by atoms with Crippen LogP contribution in [0.3, 0.4) is 0 Å². The van der Waals surface area contributed by atoms with Gasteiger partial charge in [0.2, 0.25) is 0 Å². The molecule has 0 N–H and O–H groups in total. The van der Waals surface area contributed by atoms with E-state index in [1.54, 1.807) is 0 Å². The molecule has 1 fully saturated rings. The van der Waals surface area contributed by atoms with Crippen molar-refractivity contribution in [1.82, 2.24) is 0 Å². The van der Waals surface area contributed by atoms with Crippen molar-refractivity contribution >= 4 is 25.8 Å². The Bertz CT molecular complexity index is 521. The number of aryl methyl sites for hydroxylation is 1. The maximum atomic E-state index is 6.12. The average molecular weight is 304 g/mol. The lowest BCUT2D eigenvalue weighted by molar-refractivity contribution is 0.00578. The molecule has 1 heterocycles. The molecule has 1 aliphatic rings. The second-order valence-electron chi connectivity index (χ2n) is 6.52. The molecule has 114 valence electrons. The van der Waals surface area contributed by atoms with Gasteiger partial charge in [0.25, 0.3) is 0 Å². The smallest absolute Gasteiger partial charge is 0.400 e. The van der Waals surface area contributed by atoms with Crippen molar-refractivity contribution in [2.24, 2.45) is 0 Å². The molecule has 0 unspecified atom stereocenters. The Morgan fingerprint density at radius 3 is 2.24 bits per heavy atom. The Morgan fingerprint density at radius 1 is 1.14 bits per heavy atom. The summed E-state index contributed by atoms with van der Waals surface area (Å²) in [5, 5.41) is 0. The second-order valence-corrected chi connectivity index (χ2v) is 6.83. The molecule has 4 heteroatoms. The van der Waals surface area contributed by atoms with Gasteiger partial charge in [0, 0.05) is 5.75 Å². The molecular formula is C17H25BO2S. The minimum absolute atomic E-state index is 0.315. The molecule has 2 rings (SSSR count). The van der Waals surface area contributed by atoms with Crippen molar-refractivity contribution in [3.63, 3.8) is 0 Å². The van der Waals surface area contributed by atoms with E-state index in [0.717, 1.165) is 11.9 Å². The van der Waals surface area contributed by atoms with E-state index in [1.807, 2.05) is 0 Å². The van der Waals surface area contributed by atoms with E-state index in [2.05, 4.69) is 77.6 Å². The summed E-state index contributed by atoms with van der Waals surface area (Å²) in [6.45, 7) is 10.5. The lowest BCUT2D eigenvalue weighted by Gasteiger charge is -2.32. The van der Waals surface area contributed by atoms with Crippen LogP contribution in [-0.2, 0) is 15.7 Å². The maximum absolute atomic E-state index is 6.12. The third-order valence-corrected chi connectivity index (χ3v) is 4.88.